The number of halogens is 2. The molecule has 9 heteroatoms. The fourth-order valence-electron chi connectivity index (χ4n) is 5.75. The second-order valence-corrected chi connectivity index (χ2v) is 11.3. The molecule has 2 saturated heterocycles. The van der Waals surface area contributed by atoms with Crippen LogP contribution >= 0.6 is 0 Å². The molecule has 0 spiro atoms. The van der Waals surface area contributed by atoms with Gasteiger partial charge in [-0.05, 0) is 58.4 Å². The van der Waals surface area contributed by atoms with Crippen molar-refractivity contribution in [2.75, 3.05) is 38.1 Å². The Balaban J connectivity index is 1.57. The van der Waals surface area contributed by atoms with Crippen molar-refractivity contribution in [3.05, 3.63) is 59.3 Å². The standard InChI is InChI=1S/C28H37F2N5O2/c1-17-13-33(14-18(2)35(17)25-11-19(9-10-32-25)26(36)31-6)27(37)23-16-34(28(3,4)5)15-22(23)21-8-7-20(29)12-24(21)30/h7-12,17-18,22-23H,13-16H2,1-6H3,(H,31,36)/t17-,18+,22-,23+/m0/s1. The van der Waals surface area contributed by atoms with Crippen molar-refractivity contribution in [1.82, 2.24) is 20.1 Å². The Morgan fingerprint density at radius 2 is 1.68 bits per heavy atom. The minimum atomic E-state index is -0.623. The number of rotatable bonds is 4. The number of hydrogen-bond acceptors (Lipinski definition) is 5. The van der Waals surface area contributed by atoms with E-state index < -0.39 is 17.6 Å². The van der Waals surface area contributed by atoms with Gasteiger partial charge in [-0.25, -0.2) is 13.8 Å². The van der Waals surface area contributed by atoms with Gasteiger partial charge in [0.25, 0.3) is 5.91 Å². The van der Waals surface area contributed by atoms with Crippen LogP contribution < -0.4 is 10.2 Å². The average Bonchev–Trinajstić information content (AvgIpc) is 3.28. The molecular formula is C28H37F2N5O2. The maximum Gasteiger partial charge on any atom is 0.251 e. The molecule has 0 aliphatic carbocycles. The summed E-state index contributed by atoms with van der Waals surface area (Å²) >= 11 is 0. The molecule has 0 bridgehead atoms. The molecule has 0 saturated carbocycles. The van der Waals surface area contributed by atoms with E-state index in [1.54, 1.807) is 25.4 Å². The molecule has 4 atom stereocenters. The second kappa shape index (κ2) is 10.4. The highest BCUT2D eigenvalue weighted by Crippen LogP contribution is 2.39. The highest BCUT2D eigenvalue weighted by Gasteiger charge is 2.45. The van der Waals surface area contributed by atoms with Gasteiger partial charge in [0.15, 0.2) is 0 Å². The first-order valence-corrected chi connectivity index (χ1v) is 12.9. The normalized spacial score (nSPS) is 24.9. The largest absolute Gasteiger partial charge is 0.355 e. The number of amides is 2. The minimum Gasteiger partial charge on any atom is -0.355 e. The molecular weight excluding hydrogens is 476 g/mol. The van der Waals surface area contributed by atoms with Crippen LogP contribution in [0.15, 0.2) is 36.5 Å². The summed E-state index contributed by atoms with van der Waals surface area (Å²) in [4.78, 5) is 36.8. The van der Waals surface area contributed by atoms with Gasteiger partial charge < -0.3 is 15.1 Å². The van der Waals surface area contributed by atoms with Crippen LogP contribution in [0.25, 0.3) is 0 Å². The second-order valence-electron chi connectivity index (χ2n) is 11.3. The molecule has 200 valence electrons. The number of carbonyl (C=O) groups excluding carboxylic acids is 2. The lowest BCUT2D eigenvalue weighted by atomic mass is 9.87. The van der Waals surface area contributed by atoms with E-state index in [0.29, 0.717) is 43.1 Å². The molecule has 4 rings (SSSR count). The Bertz CT molecular complexity index is 1160. The van der Waals surface area contributed by atoms with Gasteiger partial charge in [-0.1, -0.05) is 6.07 Å². The van der Waals surface area contributed by atoms with Crippen molar-refractivity contribution in [3.63, 3.8) is 0 Å². The highest BCUT2D eigenvalue weighted by molar-refractivity contribution is 5.94. The van der Waals surface area contributed by atoms with E-state index in [1.807, 2.05) is 18.7 Å². The lowest BCUT2D eigenvalue weighted by Gasteiger charge is -2.46. The monoisotopic (exact) mass is 513 g/mol. The number of pyridine rings is 1. The SMILES string of the molecule is CNC(=O)c1ccnc(N2[C@H](C)CN(C(=O)[C@@H]3CN(C(C)(C)C)C[C@H]3c3ccc(F)cc3F)C[C@@H]2C)c1. The molecule has 2 fully saturated rings. The van der Waals surface area contributed by atoms with Crippen molar-refractivity contribution in [2.24, 2.45) is 5.92 Å². The third kappa shape index (κ3) is 5.46. The molecule has 2 amide bonds. The van der Waals surface area contributed by atoms with Crippen LogP contribution in [-0.2, 0) is 4.79 Å². The van der Waals surface area contributed by atoms with Crippen LogP contribution in [0.2, 0.25) is 0 Å². The number of piperazine rings is 1. The molecule has 2 aliphatic heterocycles. The minimum absolute atomic E-state index is 0.00843. The molecule has 2 aliphatic rings. The number of aromatic nitrogens is 1. The zero-order valence-electron chi connectivity index (χ0n) is 22.5. The van der Waals surface area contributed by atoms with Crippen molar-refractivity contribution in [3.8, 4) is 0 Å². The summed E-state index contributed by atoms with van der Waals surface area (Å²) in [6.45, 7) is 12.4. The van der Waals surface area contributed by atoms with Crippen LogP contribution in [-0.4, -0.2) is 77.4 Å². The van der Waals surface area contributed by atoms with Crippen LogP contribution in [0, 0.1) is 17.6 Å². The van der Waals surface area contributed by atoms with E-state index in [0.717, 1.165) is 6.07 Å². The molecule has 0 unspecified atom stereocenters. The molecule has 7 nitrogen and oxygen atoms in total. The fourth-order valence-corrected chi connectivity index (χ4v) is 5.75. The Morgan fingerprint density at radius 3 is 2.27 bits per heavy atom. The summed E-state index contributed by atoms with van der Waals surface area (Å²) in [5.41, 5.74) is 0.731. The van der Waals surface area contributed by atoms with Crippen molar-refractivity contribution in [2.45, 2.75) is 58.2 Å². The van der Waals surface area contributed by atoms with E-state index in [2.05, 4.69) is 40.9 Å². The fraction of sp³-hybridized carbons (Fsp3) is 0.536. The number of likely N-dealkylation sites (tertiary alicyclic amines) is 1. The quantitative estimate of drug-likeness (QED) is 0.676. The molecule has 37 heavy (non-hydrogen) atoms. The molecule has 3 heterocycles. The van der Waals surface area contributed by atoms with Gasteiger partial charge in [-0.2, -0.15) is 0 Å². The molecule has 1 N–H and O–H groups in total. The number of nitrogens with zero attached hydrogens (tertiary/aromatic N) is 4. The lowest BCUT2D eigenvalue weighted by molar-refractivity contribution is -0.137. The van der Waals surface area contributed by atoms with Gasteiger partial charge in [0.2, 0.25) is 5.91 Å². The maximum atomic E-state index is 14.9. The molecule has 0 radical (unpaired) electrons. The number of benzene rings is 1. The Hall–Kier alpha value is -3.07. The summed E-state index contributed by atoms with van der Waals surface area (Å²) in [6.07, 6.45) is 1.62. The molecule has 2 aromatic rings. The van der Waals surface area contributed by atoms with Gasteiger partial charge in [0.05, 0.1) is 5.92 Å². The van der Waals surface area contributed by atoms with E-state index >= 15 is 0 Å². The van der Waals surface area contributed by atoms with Crippen LogP contribution in [0.3, 0.4) is 0 Å². The van der Waals surface area contributed by atoms with Crippen LogP contribution in [0.1, 0.15) is 56.5 Å². The summed E-state index contributed by atoms with van der Waals surface area (Å²) in [5, 5.41) is 2.64. The number of anilines is 1. The predicted octanol–water partition coefficient (Wildman–Crippen LogP) is 3.66. The van der Waals surface area contributed by atoms with E-state index in [9.17, 15) is 18.4 Å². The van der Waals surface area contributed by atoms with Gasteiger partial charge in [0.1, 0.15) is 17.5 Å². The van der Waals surface area contributed by atoms with Gasteiger partial charge in [-0.15, -0.1) is 0 Å². The summed E-state index contributed by atoms with van der Waals surface area (Å²) in [6, 6.07) is 7.02. The first-order valence-electron chi connectivity index (χ1n) is 12.9. The topological polar surface area (TPSA) is 68.8 Å². The van der Waals surface area contributed by atoms with E-state index in [-0.39, 0.29) is 35.4 Å². The third-order valence-corrected chi connectivity index (χ3v) is 7.68. The van der Waals surface area contributed by atoms with Gasteiger partial charge >= 0.3 is 0 Å². The zero-order valence-corrected chi connectivity index (χ0v) is 22.5. The molecule has 1 aromatic heterocycles. The Labute approximate surface area is 217 Å². The van der Waals surface area contributed by atoms with Gasteiger partial charge in [0, 0.05) is 74.6 Å². The summed E-state index contributed by atoms with van der Waals surface area (Å²) in [7, 11) is 1.59. The Morgan fingerprint density at radius 1 is 1.00 bits per heavy atom. The van der Waals surface area contributed by atoms with E-state index in [4.69, 9.17) is 0 Å². The molecule has 1 aromatic carbocycles. The van der Waals surface area contributed by atoms with Crippen LogP contribution in [0.5, 0.6) is 0 Å². The van der Waals surface area contributed by atoms with Crippen molar-refractivity contribution >= 4 is 17.6 Å². The maximum absolute atomic E-state index is 14.9. The first kappa shape index (κ1) is 27.0. The van der Waals surface area contributed by atoms with E-state index in [1.165, 1.54) is 12.1 Å². The number of hydrogen-bond donors (Lipinski definition) is 1. The first-order chi connectivity index (χ1) is 17.4. The number of carbonyl (C=O) groups is 2. The summed E-state index contributed by atoms with van der Waals surface area (Å²) < 4.78 is 28.5. The van der Waals surface area contributed by atoms with Crippen molar-refractivity contribution in [1.29, 1.82) is 0 Å². The zero-order chi connectivity index (χ0) is 27.1. The summed E-state index contributed by atoms with van der Waals surface area (Å²) in [5.74, 6) is -1.51. The van der Waals surface area contributed by atoms with Gasteiger partial charge in [-0.3, -0.25) is 14.5 Å². The Kier molecular flexibility index (Phi) is 7.55. The predicted molar refractivity (Wildman–Crippen MR) is 140 cm³/mol. The lowest BCUT2D eigenvalue weighted by Crippen LogP contribution is -2.59. The third-order valence-electron chi connectivity index (χ3n) is 7.68. The number of nitrogens with one attached hydrogen (secondary N) is 1. The highest BCUT2D eigenvalue weighted by atomic mass is 19.1. The van der Waals surface area contributed by atoms with Crippen molar-refractivity contribution < 1.29 is 18.4 Å². The average molecular weight is 514 g/mol. The smallest absolute Gasteiger partial charge is 0.251 e. The van der Waals surface area contributed by atoms with Crippen LogP contribution in [0.4, 0.5) is 14.6 Å².